The van der Waals surface area contributed by atoms with Crippen LogP contribution in [0.2, 0.25) is 0 Å². The highest BCUT2D eigenvalue weighted by Gasteiger charge is 2.28. The van der Waals surface area contributed by atoms with Crippen LogP contribution in [0.3, 0.4) is 0 Å². The van der Waals surface area contributed by atoms with Crippen molar-refractivity contribution in [1.29, 1.82) is 0 Å². The molecular formula is C24H26N4O3S. The second kappa shape index (κ2) is 10.3. The van der Waals surface area contributed by atoms with Crippen LogP contribution in [0.4, 0.5) is 10.8 Å². The fourth-order valence-electron chi connectivity index (χ4n) is 3.67. The summed E-state index contributed by atoms with van der Waals surface area (Å²) in [4.78, 5) is 32.3. The van der Waals surface area contributed by atoms with Crippen molar-refractivity contribution < 1.29 is 14.3 Å². The molecule has 0 radical (unpaired) electrons. The summed E-state index contributed by atoms with van der Waals surface area (Å²) in [5.41, 5.74) is 2.14. The molecule has 1 saturated heterocycles. The number of carbonyl (C=O) groups excluding carboxylic acids is 2. The van der Waals surface area contributed by atoms with Gasteiger partial charge in [-0.05, 0) is 42.7 Å². The zero-order valence-corrected chi connectivity index (χ0v) is 18.7. The normalized spacial score (nSPS) is 14.1. The van der Waals surface area contributed by atoms with Gasteiger partial charge in [-0.15, -0.1) is 11.3 Å². The second-order valence-electron chi connectivity index (χ2n) is 7.64. The molecule has 2 amide bonds. The minimum absolute atomic E-state index is 0.0356. The SMILES string of the molecule is COc1ccc(Nc2nc(C(=O)NC(Cc3ccccc3)C(=O)N3CCCC3)cs2)cc1. The Balaban J connectivity index is 1.44. The summed E-state index contributed by atoms with van der Waals surface area (Å²) in [6.45, 7) is 1.49. The molecule has 7 nitrogen and oxygen atoms in total. The molecular weight excluding hydrogens is 424 g/mol. The number of thiazole rings is 1. The Morgan fingerprint density at radius 3 is 2.50 bits per heavy atom. The van der Waals surface area contributed by atoms with Crippen molar-refractivity contribution in [2.75, 3.05) is 25.5 Å². The average molecular weight is 451 g/mol. The number of benzene rings is 2. The van der Waals surface area contributed by atoms with Gasteiger partial charge in [-0.1, -0.05) is 30.3 Å². The number of rotatable bonds is 8. The van der Waals surface area contributed by atoms with Gasteiger partial charge in [-0.2, -0.15) is 0 Å². The Morgan fingerprint density at radius 1 is 1.09 bits per heavy atom. The smallest absolute Gasteiger partial charge is 0.271 e. The van der Waals surface area contributed by atoms with Gasteiger partial charge >= 0.3 is 0 Å². The maximum Gasteiger partial charge on any atom is 0.271 e. The summed E-state index contributed by atoms with van der Waals surface area (Å²) in [6, 6.07) is 16.6. The molecule has 8 heteroatoms. The van der Waals surface area contributed by atoms with Crippen molar-refractivity contribution in [3.63, 3.8) is 0 Å². The van der Waals surface area contributed by atoms with Gasteiger partial charge in [-0.3, -0.25) is 9.59 Å². The minimum Gasteiger partial charge on any atom is -0.497 e. The molecule has 2 N–H and O–H groups in total. The molecule has 32 heavy (non-hydrogen) atoms. The van der Waals surface area contributed by atoms with Crippen molar-refractivity contribution in [3.05, 3.63) is 71.2 Å². The third-order valence-corrected chi connectivity index (χ3v) is 6.14. The molecule has 2 aromatic carbocycles. The van der Waals surface area contributed by atoms with Crippen LogP contribution in [0.15, 0.2) is 60.0 Å². The molecule has 1 aromatic heterocycles. The average Bonchev–Trinajstić information content (AvgIpc) is 3.52. The summed E-state index contributed by atoms with van der Waals surface area (Å²) < 4.78 is 5.17. The zero-order chi connectivity index (χ0) is 22.3. The molecule has 166 valence electrons. The summed E-state index contributed by atoms with van der Waals surface area (Å²) >= 11 is 1.34. The maximum atomic E-state index is 13.1. The van der Waals surface area contributed by atoms with Crippen LogP contribution in [0.25, 0.3) is 0 Å². The Hall–Kier alpha value is -3.39. The van der Waals surface area contributed by atoms with E-state index >= 15 is 0 Å². The van der Waals surface area contributed by atoms with Gasteiger partial charge in [0, 0.05) is 30.6 Å². The predicted molar refractivity (Wildman–Crippen MR) is 126 cm³/mol. The number of ether oxygens (including phenoxy) is 1. The number of nitrogens with one attached hydrogen (secondary N) is 2. The van der Waals surface area contributed by atoms with Gasteiger partial charge in [0.05, 0.1) is 7.11 Å². The van der Waals surface area contributed by atoms with Crippen molar-refractivity contribution in [3.8, 4) is 5.75 Å². The third kappa shape index (κ3) is 5.45. The van der Waals surface area contributed by atoms with Crippen LogP contribution in [0.1, 0.15) is 28.9 Å². The van der Waals surface area contributed by atoms with Gasteiger partial charge in [0.2, 0.25) is 5.91 Å². The highest BCUT2D eigenvalue weighted by Crippen LogP contribution is 2.23. The fraction of sp³-hybridized carbons (Fsp3) is 0.292. The van der Waals surface area contributed by atoms with Crippen LogP contribution in [0.5, 0.6) is 5.75 Å². The first-order chi connectivity index (χ1) is 15.6. The molecule has 0 bridgehead atoms. The number of amides is 2. The van der Waals surface area contributed by atoms with E-state index in [1.807, 2.05) is 59.5 Å². The van der Waals surface area contributed by atoms with Crippen LogP contribution in [0, 0.1) is 0 Å². The van der Waals surface area contributed by atoms with E-state index in [1.165, 1.54) is 11.3 Å². The van der Waals surface area contributed by atoms with E-state index in [0.29, 0.717) is 17.2 Å². The van der Waals surface area contributed by atoms with Gasteiger partial charge in [0.1, 0.15) is 17.5 Å². The van der Waals surface area contributed by atoms with Gasteiger partial charge in [-0.25, -0.2) is 4.98 Å². The van der Waals surface area contributed by atoms with E-state index in [2.05, 4.69) is 15.6 Å². The predicted octanol–water partition coefficient (Wildman–Crippen LogP) is 3.86. The molecule has 1 aliphatic heterocycles. The maximum absolute atomic E-state index is 13.1. The lowest BCUT2D eigenvalue weighted by molar-refractivity contribution is -0.132. The molecule has 1 fully saturated rings. The first-order valence-electron chi connectivity index (χ1n) is 10.6. The quantitative estimate of drug-likeness (QED) is 0.545. The van der Waals surface area contributed by atoms with E-state index < -0.39 is 6.04 Å². The second-order valence-corrected chi connectivity index (χ2v) is 8.50. The summed E-state index contributed by atoms with van der Waals surface area (Å²) in [5, 5.41) is 8.41. The monoisotopic (exact) mass is 450 g/mol. The molecule has 0 aliphatic carbocycles. The Morgan fingerprint density at radius 2 is 1.81 bits per heavy atom. The summed E-state index contributed by atoms with van der Waals surface area (Å²) in [6.07, 6.45) is 2.46. The molecule has 1 unspecified atom stereocenters. The highest BCUT2D eigenvalue weighted by molar-refractivity contribution is 7.14. The largest absolute Gasteiger partial charge is 0.497 e. The zero-order valence-electron chi connectivity index (χ0n) is 17.9. The van der Waals surface area contributed by atoms with Crippen LogP contribution < -0.4 is 15.4 Å². The van der Waals surface area contributed by atoms with E-state index in [0.717, 1.165) is 42.9 Å². The van der Waals surface area contributed by atoms with Crippen molar-refractivity contribution in [1.82, 2.24) is 15.2 Å². The van der Waals surface area contributed by atoms with E-state index in [4.69, 9.17) is 4.74 Å². The number of aromatic nitrogens is 1. The Labute approximate surface area is 191 Å². The van der Waals surface area contributed by atoms with Gasteiger partial charge in [0.25, 0.3) is 5.91 Å². The lowest BCUT2D eigenvalue weighted by Gasteiger charge is -2.24. The van der Waals surface area contributed by atoms with E-state index in [-0.39, 0.29) is 11.8 Å². The Bertz CT molecular complexity index is 1050. The molecule has 1 aliphatic rings. The van der Waals surface area contributed by atoms with E-state index in [1.54, 1.807) is 12.5 Å². The summed E-state index contributed by atoms with van der Waals surface area (Å²) in [7, 11) is 1.62. The number of carbonyl (C=O) groups is 2. The lowest BCUT2D eigenvalue weighted by Crippen LogP contribution is -2.49. The first-order valence-corrected chi connectivity index (χ1v) is 11.5. The molecule has 0 saturated carbocycles. The molecule has 4 rings (SSSR count). The lowest BCUT2D eigenvalue weighted by atomic mass is 10.0. The topological polar surface area (TPSA) is 83.6 Å². The third-order valence-electron chi connectivity index (χ3n) is 5.38. The summed E-state index contributed by atoms with van der Waals surface area (Å²) in [5.74, 6) is 0.380. The number of hydrogen-bond acceptors (Lipinski definition) is 6. The fourth-order valence-corrected chi connectivity index (χ4v) is 4.38. The number of nitrogens with zero attached hydrogens (tertiary/aromatic N) is 2. The molecule has 3 aromatic rings. The molecule has 0 spiro atoms. The minimum atomic E-state index is -0.623. The first kappa shape index (κ1) is 21.8. The highest BCUT2D eigenvalue weighted by atomic mass is 32.1. The number of likely N-dealkylation sites (tertiary alicyclic amines) is 1. The van der Waals surface area contributed by atoms with Gasteiger partial charge in [0.15, 0.2) is 5.13 Å². The molecule has 2 heterocycles. The van der Waals surface area contributed by atoms with Crippen LogP contribution >= 0.6 is 11.3 Å². The number of anilines is 2. The van der Waals surface area contributed by atoms with Crippen LogP contribution in [-0.2, 0) is 11.2 Å². The van der Waals surface area contributed by atoms with E-state index in [9.17, 15) is 9.59 Å². The Kier molecular flexibility index (Phi) is 7.01. The van der Waals surface area contributed by atoms with Crippen molar-refractivity contribution >= 4 is 34.0 Å². The van der Waals surface area contributed by atoms with Gasteiger partial charge < -0.3 is 20.3 Å². The van der Waals surface area contributed by atoms with Crippen molar-refractivity contribution in [2.45, 2.75) is 25.3 Å². The number of hydrogen-bond donors (Lipinski definition) is 2. The number of methoxy groups -OCH3 is 1. The van der Waals surface area contributed by atoms with Crippen molar-refractivity contribution in [2.24, 2.45) is 0 Å². The van der Waals surface area contributed by atoms with Crippen LogP contribution in [-0.4, -0.2) is 47.9 Å². The molecule has 1 atom stereocenters. The standard InChI is InChI=1S/C24H26N4O3S/c1-31-19-11-9-18(10-12-19)25-24-27-21(16-32-24)22(29)26-20(15-17-7-3-2-4-8-17)23(30)28-13-5-6-14-28/h2-4,7-12,16,20H,5-6,13-15H2,1H3,(H,25,27)(H,26,29).